The zero-order valence-corrected chi connectivity index (χ0v) is 11.5. The molecule has 1 aliphatic rings. The Morgan fingerprint density at radius 2 is 2.10 bits per heavy atom. The summed E-state index contributed by atoms with van der Waals surface area (Å²) >= 11 is 5.70. The van der Waals surface area contributed by atoms with E-state index in [9.17, 15) is 9.18 Å². The highest BCUT2D eigenvalue weighted by atomic mass is 35.5. The van der Waals surface area contributed by atoms with Gasteiger partial charge in [-0.15, -0.1) is 0 Å². The maximum atomic E-state index is 13.7. The lowest BCUT2D eigenvalue weighted by Crippen LogP contribution is -2.05. The summed E-state index contributed by atoms with van der Waals surface area (Å²) < 4.78 is 13.7. The van der Waals surface area contributed by atoms with Crippen LogP contribution in [0.5, 0.6) is 0 Å². The fraction of sp³-hybridized carbons (Fsp3) is 0.188. The van der Waals surface area contributed by atoms with E-state index in [0.717, 1.165) is 18.7 Å². The van der Waals surface area contributed by atoms with E-state index >= 15 is 0 Å². The van der Waals surface area contributed by atoms with Crippen molar-refractivity contribution in [2.45, 2.75) is 12.8 Å². The van der Waals surface area contributed by atoms with Gasteiger partial charge in [-0.25, -0.2) is 4.39 Å². The fourth-order valence-electron chi connectivity index (χ4n) is 2.40. The van der Waals surface area contributed by atoms with Crippen molar-refractivity contribution in [3.05, 3.63) is 63.9 Å². The first-order valence-corrected chi connectivity index (χ1v) is 6.85. The summed E-state index contributed by atoms with van der Waals surface area (Å²) in [6.07, 6.45) is 1.03. The van der Waals surface area contributed by atoms with Crippen LogP contribution in [0.25, 0.3) is 0 Å². The number of ketones is 1. The molecule has 2 aromatic carbocycles. The Kier molecular flexibility index (Phi) is 3.45. The van der Waals surface area contributed by atoms with Gasteiger partial charge < -0.3 is 5.32 Å². The molecule has 1 aliphatic heterocycles. The van der Waals surface area contributed by atoms with Gasteiger partial charge in [-0.05, 0) is 35.7 Å². The van der Waals surface area contributed by atoms with E-state index in [0.29, 0.717) is 16.1 Å². The molecule has 0 unspecified atom stereocenters. The molecule has 3 rings (SSSR count). The van der Waals surface area contributed by atoms with Crippen molar-refractivity contribution in [3.63, 3.8) is 0 Å². The van der Waals surface area contributed by atoms with E-state index in [-0.39, 0.29) is 12.2 Å². The number of hydrogen-bond acceptors (Lipinski definition) is 2. The minimum Gasteiger partial charge on any atom is -0.384 e. The van der Waals surface area contributed by atoms with Crippen LogP contribution in [0, 0.1) is 5.82 Å². The highest BCUT2D eigenvalue weighted by molar-refractivity contribution is 6.30. The Morgan fingerprint density at radius 3 is 2.90 bits per heavy atom. The third-order valence-electron chi connectivity index (χ3n) is 3.51. The topological polar surface area (TPSA) is 29.1 Å². The van der Waals surface area contributed by atoms with E-state index in [1.807, 2.05) is 18.2 Å². The van der Waals surface area contributed by atoms with Crippen molar-refractivity contribution in [1.29, 1.82) is 0 Å². The lowest BCUT2D eigenvalue weighted by Gasteiger charge is -2.06. The number of nitrogens with one attached hydrogen (secondary N) is 1. The molecule has 0 aliphatic carbocycles. The molecule has 0 amide bonds. The van der Waals surface area contributed by atoms with Crippen LogP contribution in [0.1, 0.15) is 21.5 Å². The molecule has 0 spiro atoms. The number of carbonyl (C=O) groups excluding carboxylic acids is 1. The van der Waals surface area contributed by atoms with Gasteiger partial charge in [0.1, 0.15) is 5.82 Å². The maximum Gasteiger partial charge on any atom is 0.167 e. The van der Waals surface area contributed by atoms with Gasteiger partial charge in [-0.3, -0.25) is 4.79 Å². The molecule has 102 valence electrons. The minimum atomic E-state index is -0.440. The predicted molar refractivity (Wildman–Crippen MR) is 78.1 cm³/mol. The molecule has 0 atom stereocenters. The monoisotopic (exact) mass is 289 g/mol. The van der Waals surface area contributed by atoms with Crippen molar-refractivity contribution in [1.82, 2.24) is 0 Å². The number of halogens is 2. The van der Waals surface area contributed by atoms with Crippen LogP contribution in [-0.4, -0.2) is 12.3 Å². The standard InChI is InChI=1S/C16H13ClFNO/c17-13-4-3-11(14(18)9-13)8-16(20)12-2-1-10-5-6-19-15(10)7-12/h1-4,7,9,19H,5-6,8H2. The van der Waals surface area contributed by atoms with Crippen LogP contribution in [0.2, 0.25) is 5.02 Å². The largest absolute Gasteiger partial charge is 0.384 e. The first kappa shape index (κ1) is 13.1. The van der Waals surface area contributed by atoms with Gasteiger partial charge in [0, 0.05) is 29.2 Å². The number of anilines is 1. The molecule has 4 heteroatoms. The van der Waals surface area contributed by atoms with Crippen LogP contribution < -0.4 is 5.32 Å². The fourth-order valence-corrected chi connectivity index (χ4v) is 2.56. The molecule has 2 nitrogen and oxygen atoms in total. The molecule has 2 aromatic rings. The van der Waals surface area contributed by atoms with Crippen molar-refractivity contribution >= 4 is 23.1 Å². The Morgan fingerprint density at radius 1 is 1.25 bits per heavy atom. The molecule has 0 fully saturated rings. The Hall–Kier alpha value is -1.87. The van der Waals surface area contributed by atoms with Gasteiger partial charge in [0.2, 0.25) is 0 Å². The molecule has 0 bridgehead atoms. The normalized spacial score (nSPS) is 12.9. The third-order valence-corrected chi connectivity index (χ3v) is 3.74. The summed E-state index contributed by atoms with van der Waals surface area (Å²) in [6.45, 7) is 0.902. The van der Waals surface area contributed by atoms with Gasteiger partial charge in [0.25, 0.3) is 0 Å². The minimum absolute atomic E-state index is 0.0434. The maximum absolute atomic E-state index is 13.7. The molecule has 0 saturated heterocycles. The summed E-state index contributed by atoms with van der Waals surface area (Å²) in [4.78, 5) is 12.2. The molecule has 1 N–H and O–H groups in total. The highest BCUT2D eigenvalue weighted by Crippen LogP contribution is 2.24. The van der Waals surface area contributed by atoms with Gasteiger partial charge in [-0.2, -0.15) is 0 Å². The summed E-state index contributed by atoms with van der Waals surface area (Å²) in [5.74, 6) is -0.534. The van der Waals surface area contributed by atoms with Gasteiger partial charge in [0.15, 0.2) is 5.78 Å². The smallest absolute Gasteiger partial charge is 0.167 e. The van der Waals surface area contributed by atoms with Crippen LogP contribution in [0.15, 0.2) is 36.4 Å². The summed E-state index contributed by atoms with van der Waals surface area (Å²) in [6, 6.07) is 9.99. The predicted octanol–water partition coefficient (Wildman–Crippen LogP) is 3.87. The first-order valence-electron chi connectivity index (χ1n) is 6.47. The zero-order chi connectivity index (χ0) is 14.1. The van der Waals surface area contributed by atoms with Crippen LogP contribution in [-0.2, 0) is 12.8 Å². The van der Waals surface area contributed by atoms with E-state index in [1.54, 1.807) is 12.1 Å². The van der Waals surface area contributed by atoms with Crippen LogP contribution in [0.4, 0.5) is 10.1 Å². The number of hydrogen-bond donors (Lipinski definition) is 1. The Balaban J connectivity index is 1.82. The second-order valence-electron chi connectivity index (χ2n) is 4.88. The number of carbonyl (C=O) groups is 1. The third kappa shape index (κ3) is 2.54. The molecule has 0 radical (unpaired) electrons. The van der Waals surface area contributed by atoms with Crippen LogP contribution >= 0.6 is 11.6 Å². The van der Waals surface area contributed by atoms with Crippen molar-refractivity contribution < 1.29 is 9.18 Å². The van der Waals surface area contributed by atoms with E-state index < -0.39 is 5.82 Å². The van der Waals surface area contributed by atoms with E-state index in [1.165, 1.54) is 11.6 Å². The van der Waals surface area contributed by atoms with Crippen molar-refractivity contribution in [2.75, 3.05) is 11.9 Å². The van der Waals surface area contributed by atoms with E-state index in [2.05, 4.69) is 5.32 Å². The average molecular weight is 290 g/mol. The average Bonchev–Trinajstić information content (AvgIpc) is 2.89. The molecular formula is C16H13ClFNO. The lowest BCUT2D eigenvalue weighted by atomic mass is 10.0. The summed E-state index contributed by atoms with van der Waals surface area (Å²) in [7, 11) is 0. The molecule has 0 aromatic heterocycles. The first-order chi connectivity index (χ1) is 9.63. The second kappa shape index (κ2) is 5.25. The quantitative estimate of drug-likeness (QED) is 0.869. The highest BCUT2D eigenvalue weighted by Gasteiger charge is 2.15. The molecular weight excluding hydrogens is 277 g/mol. The van der Waals surface area contributed by atoms with Gasteiger partial charge in [0.05, 0.1) is 0 Å². The van der Waals surface area contributed by atoms with Crippen LogP contribution in [0.3, 0.4) is 0 Å². The molecule has 0 saturated carbocycles. The van der Waals surface area contributed by atoms with Gasteiger partial charge >= 0.3 is 0 Å². The molecule has 1 heterocycles. The second-order valence-corrected chi connectivity index (χ2v) is 5.32. The SMILES string of the molecule is O=C(Cc1ccc(Cl)cc1F)c1ccc2c(c1)NCC2. The number of Topliss-reactive ketones (excluding diaryl/α,β-unsaturated/α-hetero) is 1. The summed E-state index contributed by atoms with van der Waals surface area (Å²) in [5.41, 5.74) is 3.20. The van der Waals surface area contributed by atoms with Crippen molar-refractivity contribution in [3.8, 4) is 0 Å². The zero-order valence-electron chi connectivity index (χ0n) is 10.7. The molecule has 20 heavy (non-hydrogen) atoms. The van der Waals surface area contributed by atoms with Crippen molar-refractivity contribution in [2.24, 2.45) is 0 Å². The summed E-state index contributed by atoms with van der Waals surface area (Å²) in [5, 5.41) is 3.57. The van der Waals surface area contributed by atoms with Gasteiger partial charge in [-0.1, -0.05) is 29.8 Å². The number of rotatable bonds is 3. The van der Waals surface area contributed by atoms with E-state index in [4.69, 9.17) is 11.6 Å². The number of fused-ring (bicyclic) bond motifs is 1. The lowest BCUT2D eigenvalue weighted by molar-refractivity contribution is 0.0992. The Bertz CT molecular complexity index is 684. The Labute approximate surface area is 121 Å². The number of benzene rings is 2.